The smallest absolute Gasteiger partial charge is 0.0682 e. The number of aliphatic imine (C=N–C) groups is 1. The molecule has 0 bridgehead atoms. The van der Waals surface area contributed by atoms with Crippen molar-refractivity contribution in [3.8, 4) is 5.69 Å². The molecule has 0 unspecified atom stereocenters. The van der Waals surface area contributed by atoms with Gasteiger partial charge in [0.15, 0.2) is 0 Å². The van der Waals surface area contributed by atoms with Gasteiger partial charge in [-0.1, -0.05) is 105 Å². The maximum absolute atomic E-state index is 5.16. The average molecular weight is 479 g/mol. The Bertz CT molecular complexity index is 1740. The van der Waals surface area contributed by atoms with E-state index >= 15 is 0 Å². The Labute approximate surface area is 218 Å². The molecule has 180 valence electrons. The molecule has 4 aromatic carbocycles. The minimum absolute atomic E-state index is 0.188. The summed E-state index contributed by atoms with van der Waals surface area (Å²) < 4.78 is 2.38. The second kappa shape index (κ2) is 8.90. The van der Waals surface area contributed by atoms with Crippen LogP contribution in [0.3, 0.4) is 0 Å². The fraction of sp³-hybridized carbons (Fsp3) is 0.114. The van der Waals surface area contributed by atoms with E-state index in [1.165, 1.54) is 32.9 Å². The van der Waals surface area contributed by atoms with Crippen LogP contribution in [0.25, 0.3) is 33.1 Å². The van der Waals surface area contributed by atoms with Crippen LogP contribution >= 0.6 is 0 Å². The lowest BCUT2D eigenvalue weighted by Gasteiger charge is -2.23. The van der Waals surface area contributed by atoms with Crippen LogP contribution in [0.15, 0.2) is 127 Å². The molecule has 1 aliphatic rings. The van der Waals surface area contributed by atoms with Gasteiger partial charge in [-0.15, -0.1) is 0 Å². The van der Waals surface area contributed by atoms with Gasteiger partial charge in [0, 0.05) is 21.9 Å². The maximum atomic E-state index is 5.16. The number of allylic oxidation sites excluding steroid dienone is 5. The Balaban J connectivity index is 1.55. The van der Waals surface area contributed by atoms with Gasteiger partial charge >= 0.3 is 0 Å². The van der Waals surface area contributed by atoms with E-state index in [2.05, 4.69) is 122 Å². The standard InChI is InChI=1S/C35H30N2/c1-5-7-13-24(6-2)25-18-20-27(21-19-25)37-32-17-12-11-16-28(32)29-22-31-30(23-33(29)37)35(3,4)34(36-31)26-14-9-8-10-15-26/h5-23H,2H2,1,3-4H3/b7-5-,24-13+. The van der Waals surface area contributed by atoms with Crippen molar-refractivity contribution in [2.45, 2.75) is 26.2 Å². The van der Waals surface area contributed by atoms with Gasteiger partial charge < -0.3 is 4.57 Å². The first-order chi connectivity index (χ1) is 18.0. The molecule has 6 rings (SSSR count). The molecule has 0 radical (unpaired) electrons. The molecule has 0 amide bonds. The highest BCUT2D eigenvalue weighted by Gasteiger charge is 2.36. The van der Waals surface area contributed by atoms with Crippen molar-refractivity contribution < 1.29 is 0 Å². The van der Waals surface area contributed by atoms with Gasteiger partial charge in [0.1, 0.15) is 0 Å². The first-order valence-corrected chi connectivity index (χ1v) is 12.8. The fourth-order valence-electron chi connectivity index (χ4n) is 5.57. The highest BCUT2D eigenvalue weighted by molar-refractivity contribution is 6.16. The summed E-state index contributed by atoms with van der Waals surface area (Å²) in [4.78, 5) is 5.16. The molecule has 1 aliphatic heterocycles. The third-order valence-corrected chi connectivity index (χ3v) is 7.48. The lowest BCUT2D eigenvalue weighted by Crippen LogP contribution is -2.26. The van der Waals surface area contributed by atoms with Crippen molar-refractivity contribution in [3.05, 3.63) is 139 Å². The molecule has 37 heavy (non-hydrogen) atoms. The highest BCUT2D eigenvalue weighted by atomic mass is 15.0. The van der Waals surface area contributed by atoms with Crippen LogP contribution in [0, 0.1) is 0 Å². The molecule has 2 heterocycles. The number of hydrogen-bond donors (Lipinski definition) is 0. The fourth-order valence-corrected chi connectivity index (χ4v) is 5.57. The molecular formula is C35H30N2. The van der Waals surface area contributed by atoms with Crippen molar-refractivity contribution in [1.29, 1.82) is 0 Å². The minimum Gasteiger partial charge on any atom is -0.309 e. The van der Waals surface area contributed by atoms with Gasteiger partial charge in [-0.05, 0) is 59.5 Å². The van der Waals surface area contributed by atoms with E-state index in [0.29, 0.717) is 0 Å². The monoisotopic (exact) mass is 478 g/mol. The van der Waals surface area contributed by atoms with Crippen LogP contribution in [0.5, 0.6) is 0 Å². The second-order valence-corrected chi connectivity index (χ2v) is 10.1. The molecule has 5 aromatic rings. The Morgan fingerprint density at radius 1 is 0.838 bits per heavy atom. The zero-order chi connectivity index (χ0) is 25.6. The number of aromatic nitrogens is 1. The van der Waals surface area contributed by atoms with Crippen molar-refractivity contribution in [3.63, 3.8) is 0 Å². The number of benzene rings is 4. The summed E-state index contributed by atoms with van der Waals surface area (Å²) in [5.41, 5.74) is 10.3. The summed E-state index contributed by atoms with van der Waals surface area (Å²) in [7, 11) is 0. The Hall–Kier alpha value is -4.43. The van der Waals surface area contributed by atoms with E-state index < -0.39 is 0 Å². The summed E-state index contributed by atoms with van der Waals surface area (Å²) in [6, 6.07) is 32.6. The SMILES string of the molecule is C=C/C(=C\C=C/C)c1ccc(-n2c3ccccc3c3cc4c(cc32)C(C)(C)C(c2ccccc2)=N4)cc1. The van der Waals surface area contributed by atoms with Crippen LogP contribution in [0.2, 0.25) is 0 Å². The predicted molar refractivity (Wildman–Crippen MR) is 159 cm³/mol. The lowest BCUT2D eigenvalue weighted by molar-refractivity contribution is 0.738. The zero-order valence-electron chi connectivity index (χ0n) is 21.6. The molecule has 0 spiro atoms. The van der Waals surface area contributed by atoms with Gasteiger partial charge in [0.2, 0.25) is 0 Å². The van der Waals surface area contributed by atoms with Crippen molar-refractivity contribution in [2.75, 3.05) is 0 Å². The van der Waals surface area contributed by atoms with E-state index in [1.54, 1.807) is 0 Å². The zero-order valence-corrected chi connectivity index (χ0v) is 21.6. The molecule has 0 atom stereocenters. The van der Waals surface area contributed by atoms with Crippen molar-refractivity contribution in [1.82, 2.24) is 4.57 Å². The highest BCUT2D eigenvalue weighted by Crippen LogP contribution is 2.46. The summed E-state index contributed by atoms with van der Waals surface area (Å²) in [5, 5.41) is 2.47. The second-order valence-electron chi connectivity index (χ2n) is 10.1. The Morgan fingerprint density at radius 2 is 1.57 bits per heavy atom. The molecule has 0 saturated heterocycles. The third kappa shape index (κ3) is 3.68. The molecule has 0 aliphatic carbocycles. The molecule has 2 heteroatoms. The number of para-hydroxylation sites is 1. The van der Waals surface area contributed by atoms with E-state index in [0.717, 1.165) is 28.2 Å². The molecule has 2 nitrogen and oxygen atoms in total. The lowest BCUT2D eigenvalue weighted by atomic mass is 9.79. The predicted octanol–water partition coefficient (Wildman–Crippen LogP) is 9.34. The van der Waals surface area contributed by atoms with Gasteiger partial charge in [-0.2, -0.15) is 0 Å². The van der Waals surface area contributed by atoms with E-state index in [-0.39, 0.29) is 5.41 Å². The first-order valence-electron chi connectivity index (χ1n) is 12.8. The largest absolute Gasteiger partial charge is 0.309 e. The van der Waals surface area contributed by atoms with Crippen LogP contribution in [-0.4, -0.2) is 10.3 Å². The minimum atomic E-state index is -0.188. The molecule has 0 saturated carbocycles. The quantitative estimate of drug-likeness (QED) is 0.224. The number of fused-ring (bicyclic) bond motifs is 4. The third-order valence-electron chi connectivity index (χ3n) is 7.48. The molecular weight excluding hydrogens is 448 g/mol. The summed E-state index contributed by atoms with van der Waals surface area (Å²) >= 11 is 0. The van der Waals surface area contributed by atoms with Crippen molar-refractivity contribution in [2.24, 2.45) is 4.99 Å². The normalized spacial score (nSPS) is 14.9. The number of hydrogen-bond acceptors (Lipinski definition) is 1. The van der Waals surface area contributed by atoms with Gasteiger partial charge in [0.25, 0.3) is 0 Å². The van der Waals surface area contributed by atoms with Crippen LogP contribution in [0.4, 0.5) is 5.69 Å². The molecule has 0 fully saturated rings. The Kier molecular flexibility index (Phi) is 5.53. The summed E-state index contributed by atoms with van der Waals surface area (Å²) in [5.74, 6) is 0. The van der Waals surface area contributed by atoms with E-state index in [4.69, 9.17) is 4.99 Å². The van der Waals surface area contributed by atoms with Crippen LogP contribution in [0.1, 0.15) is 37.5 Å². The Morgan fingerprint density at radius 3 is 2.30 bits per heavy atom. The van der Waals surface area contributed by atoms with Gasteiger partial charge in [-0.25, -0.2) is 0 Å². The average Bonchev–Trinajstić information content (AvgIpc) is 3.39. The van der Waals surface area contributed by atoms with Gasteiger partial charge in [0.05, 0.1) is 22.4 Å². The first kappa shape index (κ1) is 23.0. The number of rotatable bonds is 5. The van der Waals surface area contributed by atoms with E-state index in [1.807, 2.05) is 25.2 Å². The van der Waals surface area contributed by atoms with Crippen LogP contribution < -0.4 is 0 Å². The van der Waals surface area contributed by atoms with Crippen molar-refractivity contribution >= 4 is 38.8 Å². The van der Waals surface area contributed by atoms with Crippen LogP contribution in [-0.2, 0) is 5.41 Å². The summed E-state index contributed by atoms with van der Waals surface area (Å²) in [6.45, 7) is 10.6. The van der Waals surface area contributed by atoms with Gasteiger partial charge in [-0.3, -0.25) is 4.99 Å². The number of nitrogens with zero attached hydrogens (tertiary/aromatic N) is 2. The topological polar surface area (TPSA) is 17.3 Å². The molecule has 1 aromatic heterocycles. The maximum Gasteiger partial charge on any atom is 0.0682 e. The summed E-state index contributed by atoms with van der Waals surface area (Å²) in [6.07, 6.45) is 8.08. The molecule has 0 N–H and O–H groups in total. The van der Waals surface area contributed by atoms with E-state index in [9.17, 15) is 0 Å².